The summed E-state index contributed by atoms with van der Waals surface area (Å²) in [5.74, 6) is 0. The van der Waals surface area contributed by atoms with Gasteiger partial charge in [0.2, 0.25) is 0 Å². The Morgan fingerprint density at radius 1 is 1.18 bits per heavy atom. The molecule has 0 aliphatic carbocycles. The molecule has 1 N–H and O–H groups in total. The van der Waals surface area contributed by atoms with Crippen molar-refractivity contribution in [3.8, 4) is 0 Å². The van der Waals surface area contributed by atoms with Crippen molar-refractivity contribution in [1.29, 1.82) is 0 Å². The third-order valence-corrected chi connectivity index (χ3v) is 5.38. The lowest BCUT2D eigenvalue weighted by molar-refractivity contribution is 0.179. The van der Waals surface area contributed by atoms with E-state index in [0.717, 1.165) is 19.3 Å². The van der Waals surface area contributed by atoms with Crippen LogP contribution in [0.4, 0.5) is 0 Å². The van der Waals surface area contributed by atoms with Gasteiger partial charge in [0, 0.05) is 0 Å². The molecule has 4 heteroatoms. The molecular formula is C18H25O3P. The van der Waals surface area contributed by atoms with E-state index < -0.39 is 7.60 Å². The van der Waals surface area contributed by atoms with Crippen molar-refractivity contribution >= 4 is 18.4 Å². The van der Waals surface area contributed by atoms with Crippen molar-refractivity contribution < 1.29 is 14.0 Å². The van der Waals surface area contributed by atoms with E-state index in [-0.39, 0.29) is 12.3 Å². The van der Waals surface area contributed by atoms with E-state index in [1.54, 1.807) is 0 Å². The molecule has 0 aliphatic heterocycles. The van der Waals surface area contributed by atoms with Crippen LogP contribution in [0.25, 0.3) is 10.8 Å². The summed E-state index contributed by atoms with van der Waals surface area (Å²) in [6.07, 6.45) is 3.27. The molecule has 3 nitrogen and oxygen atoms in total. The molecule has 2 atom stereocenters. The van der Waals surface area contributed by atoms with Crippen LogP contribution in [0.5, 0.6) is 0 Å². The van der Waals surface area contributed by atoms with Gasteiger partial charge in [-0.05, 0) is 42.5 Å². The Morgan fingerprint density at radius 3 is 2.68 bits per heavy atom. The molecule has 120 valence electrons. The van der Waals surface area contributed by atoms with Gasteiger partial charge in [-0.1, -0.05) is 55.8 Å². The summed E-state index contributed by atoms with van der Waals surface area (Å²) in [4.78, 5) is 9.94. The van der Waals surface area contributed by atoms with E-state index in [1.165, 1.54) is 16.3 Å². The zero-order valence-electron chi connectivity index (χ0n) is 13.4. The second-order valence-corrected chi connectivity index (χ2v) is 7.74. The van der Waals surface area contributed by atoms with Gasteiger partial charge in [-0.15, -0.1) is 0 Å². The van der Waals surface area contributed by atoms with Gasteiger partial charge in [-0.2, -0.15) is 0 Å². The molecule has 2 rings (SSSR count). The fourth-order valence-electron chi connectivity index (χ4n) is 2.77. The van der Waals surface area contributed by atoms with Crippen LogP contribution in [0.2, 0.25) is 0 Å². The minimum atomic E-state index is -3.48. The van der Waals surface area contributed by atoms with Crippen LogP contribution in [-0.4, -0.2) is 17.2 Å². The molecule has 0 bridgehead atoms. The predicted octanol–water partition coefficient (Wildman–Crippen LogP) is 5.16. The highest BCUT2D eigenvalue weighted by molar-refractivity contribution is 7.52. The van der Waals surface area contributed by atoms with Gasteiger partial charge < -0.3 is 9.42 Å². The first-order chi connectivity index (χ1) is 10.5. The van der Waals surface area contributed by atoms with Crippen molar-refractivity contribution in [2.75, 3.05) is 6.16 Å². The topological polar surface area (TPSA) is 46.5 Å². The number of fused-ring (bicyclic) bond motifs is 1. The molecule has 0 aromatic heterocycles. The number of benzene rings is 2. The first-order valence-electron chi connectivity index (χ1n) is 7.98. The summed E-state index contributed by atoms with van der Waals surface area (Å²) >= 11 is 0. The van der Waals surface area contributed by atoms with E-state index >= 15 is 0 Å². The summed E-state index contributed by atoms with van der Waals surface area (Å²) in [5, 5.41) is 2.43. The Labute approximate surface area is 132 Å². The van der Waals surface area contributed by atoms with Crippen molar-refractivity contribution in [3.63, 3.8) is 0 Å². The van der Waals surface area contributed by atoms with Gasteiger partial charge in [0.1, 0.15) is 0 Å². The lowest BCUT2D eigenvalue weighted by Crippen LogP contribution is -2.07. The Balaban J connectivity index is 1.94. The molecule has 2 aromatic carbocycles. The van der Waals surface area contributed by atoms with Crippen LogP contribution in [0.3, 0.4) is 0 Å². The SMILES string of the molecule is CCCC(C)OP(=O)(O)CCCc1cccc2ccccc12. The minimum Gasteiger partial charge on any atom is -0.324 e. The third kappa shape index (κ3) is 4.95. The summed E-state index contributed by atoms with van der Waals surface area (Å²) in [6, 6.07) is 14.5. The van der Waals surface area contributed by atoms with E-state index in [2.05, 4.69) is 24.3 Å². The van der Waals surface area contributed by atoms with Crippen molar-refractivity contribution in [2.45, 2.75) is 45.6 Å². The zero-order valence-corrected chi connectivity index (χ0v) is 14.3. The minimum absolute atomic E-state index is 0.154. The Morgan fingerprint density at radius 2 is 1.91 bits per heavy atom. The van der Waals surface area contributed by atoms with Crippen molar-refractivity contribution in [1.82, 2.24) is 0 Å². The summed E-state index contributed by atoms with van der Waals surface area (Å²) in [7, 11) is -3.48. The molecule has 0 saturated carbocycles. The molecule has 22 heavy (non-hydrogen) atoms. The van der Waals surface area contributed by atoms with E-state index in [4.69, 9.17) is 4.52 Å². The Bertz CT molecular complexity index is 648. The zero-order chi connectivity index (χ0) is 16.0. The average Bonchev–Trinajstić information content (AvgIpc) is 2.47. The van der Waals surface area contributed by atoms with Gasteiger partial charge >= 0.3 is 7.60 Å². The quantitative estimate of drug-likeness (QED) is 0.683. The van der Waals surface area contributed by atoms with E-state index in [1.807, 2.05) is 32.0 Å². The maximum Gasteiger partial charge on any atom is 0.328 e. The molecule has 2 aromatic rings. The first kappa shape index (κ1) is 17.2. The van der Waals surface area contributed by atoms with Gasteiger partial charge in [0.05, 0.1) is 12.3 Å². The lowest BCUT2D eigenvalue weighted by Gasteiger charge is -2.17. The fourth-order valence-corrected chi connectivity index (χ4v) is 4.10. The molecule has 0 aliphatic rings. The monoisotopic (exact) mass is 320 g/mol. The van der Waals surface area contributed by atoms with Crippen molar-refractivity contribution in [3.05, 3.63) is 48.0 Å². The molecule has 0 spiro atoms. The van der Waals surface area contributed by atoms with Crippen LogP contribution < -0.4 is 0 Å². The van der Waals surface area contributed by atoms with Crippen LogP contribution in [0.1, 0.15) is 38.7 Å². The maximum absolute atomic E-state index is 12.1. The number of hydrogen-bond acceptors (Lipinski definition) is 2. The van der Waals surface area contributed by atoms with Gasteiger partial charge in [-0.25, -0.2) is 0 Å². The second-order valence-electron chi connectivity index (χ2n) is 5.81. The normalized spacial score (nSPS) is 15.6. The largest absolute Gasteiger partial charge is 0.328 e. The summed E-state index contributed by atoms with van der Waals surface area (Å²) in [6.45, 7) is 3.90. The van der Waals surface area contributed by atoms with Crippen LogP contribution in [0, 0.1) is 0 Å². The lowest BCUT2D eigenvalue weighted by atomic mass is 10.0. The van der Waals surface area contributed by atoms with Gasteiger partial charge in [0.15, 0.2) is 0 Å². The van der Waals surface area contributed by atoms with Crippen molar-refractivity contribution in [2.24, 2.45) is 0 Å². The molecule has 0 radical (unpaired) electrons. The highest BCUT2D eigenvalue weighted by Gasteiger charge is 2.21. The molecule has 0 amide bonds. The number of aryl methyl sites for hydroxylation is 1. The van der Waals surface area contributed by atoms with Gasteiger partial charge in [-0.3, -0.25) is 4.57 Å². The standard InChI is InChI=1S/C18H25O3P/c1-3-8-15(2)21-22(19,20)14-7-12-17-11-6-10-16-9-4-5-13-18(16)17/h4-6,9-11,13,15H,3,7-8,12,14H2,1-2H3,(H,19,20). The maximum atomic E-state index is 12.1. The van der Waals surface area contributed by atoms with E-state index in [9.17, 15) is 9.46 Å². The smallest absolute Gasteiger partial charge is 0.324 e. The summed E-state index contributed by atoms with van der Waals surface area (Å²) < 4.78 is 17.4. The van der Waals surface area contributed by atoms with Crippen LogP contribution in [-0.2, 0) is 15.5 Å². The van der Waals surface area contributed by atoms with Crippen LogP contribution in [0.15, 0.2) is 42.5 Å². The van der Waals surface area contributed by atoms with E-state index in [0.29, 0.717) is 6.42 Å². The summed E-state index contributed by atoms with van der Waals surface area (Å²) in [5.41, 5.74) is 1.22. The highest BCUT2D eigenvalue weighted by Crippen LogP contribution is 2.44. The number of hydrogen-bond donors (Lipinski definition) is 1. The molecule has 0 heterocycles. The molecule has 2 unspecified atom stereocenters. The van der Waals surface area contributed by atoms with Gasteiger partial charge in [0.25, 0.3) is 0 Å². The molecular weight excluding hydrogens is 295 g/mol. The second kappa shape index (κ2) is 7.92. The molecule has 0 saturated heterocycles. The molecule has 0 fully saturated rings. The Hall–Kier alpha value is -1.15. The fraction of sp³-hybridized carbons (Fsp3) is 0.444. The predicted molar refractivity (Wildman–Crippen MR) is 92.4 cm³/mol. The third-order valence-electron chi connectivity index (χ3n) is 3.81. The van der Waals surface area contributed by atoms with Crippen LogP contribution >= 0.6 is 7.60 Å². The first-order valence-corrected chi connectivity index (χ1v) is 9.75. The highest BCUT2D eigenvalue weighted by atomic mass is 31.2. The Kier molecular flexibility index (Phi) is 6.19. The number of rotatable bonds is 8. The average molecular weight is 320 g/mol.